The molecular weight excluding hydrogens is 298 g/mol. The van der Waals surface area contributed by atoms with Crippen LogP contribution in [-0.4, -0.2) is 6.54 Å². The summed E-state index contributed by atoms with van der Waals surface area (Å²) in [6.07, 6.45) is 2.81. The fourth-order valence-corrected chi connectivity index (χ4v) is 3.33. The molecule has 92 valence electrons. The van der Waals surface area contributed by atoms with Crippen LogP contribution in [0.1, 0.15) is 35.2 Å². The number of furan rings is 1. The van der Waals surface area contributed by atoms with Crippen LogP contribution < -0.4 is 5.32 Å². The third-order valence-electron chi connectivity index (χ3n) is 2.68. The molecule has 2 rings (SSSR count). The third-order valence-corrected chi connectivity index (χ3v) is 4.62. The largest absolute Gasteiger partial charge is 0.457 e. The van der Waals surface area contributed by atoms with Crippen molar-refractivity contribution in [2.45, 2.75) is 26.3 Å². The first-order valence-corrected chi connectivity index (χ1v) is 7.42. The van der Waals surface area contributed by atoms with E-state index in [2.05, 4.69) is 47.2 Å². The molecule has 2 nitrogen and oxygen atoms in total. The van der Waals surface area contributed by atoms with Crippen molar-refractivity contribution in [3.05, 3.63) is 44.4 Å². The second-order valence-electron chi connectivity index (χ2n) is 3.80. The van der Waals surface area contributed by atoms with Crippen LogP contribution in [0.3, 0.4) is 0 Å². The number of halogens is 1. The molecule has 0 spiro atoms. The molecule has 0 saturated carbocycles. The molecule has 0 fully saturated rings. The lowest BCUT2D eigenvalue weighted by atomic mass is 10.1. The van der Waals surface area contributed by atoms with Gasteiger partial charge in [-0.1, -0.05) is 13.8 Å². The van der Waals surface area contributed by atoms with E-state index < -0.39 is 0 Å². The third kappa shape index (κ3) is 2.81. The van der Waals surface area contributed by atoms with Crippen molar-refractivity contribution >= 4 is 27.3 Å². The van der Waals surface area contributed by atoms with Gasteiger partial charge in [0.1, 0.15) is 0 Å². The topological polar surface area (TPSA) is 25.2 Å². The van der Waals surface area contributed by atoms with E-state index >= 15 is 0 Å². The summed E-state index contributed by atoms with van der Waals surface area (Å²) < 4.78 is 6.14. The van der Waals surface area contributed by atoms with Crippen LogP contribution in [0, 0.1) is 0 Å². The Hall–Kier alpha value is -0.580. The van der Waals surface area contributed by atoms with Gasteiger partial charge in [0.25, 0.3) is 0 Å². The Labute approximate surface area is 114 Å². The molecule has 0 aliphatic carbocycles. The summed E-state index contributed by atoms with van der Waals surface area (Å²) in [7, 11) is 0. The number of nitrogens with one attached hydrogen (secondary N) is 1. The standard InChI is InChI=1S/C13H16BrNOS/c1-3-9-5-6-11(17-9)12(15-4-2)10-7-8-16-13(10)14/h5-8,12,15H,3-4H2,1-2H3. The van der Waals surface area contributed by atoms with Gasteiger partial charge in [0.2, 0.25) is 0 Å². The van der Waals surface area contributed by atoms with Crippen LogP contribution in [-0.2, 0) is 6.42 Å². The maximum atomic E-state index is 5.33. The molecule has 0 bridgehead atoms. The minimum absolute atomic E-state index is 0.221. The van der Waals surface area contributed by atoms with Crippen molar-refractivity contribution in [3.63, 3.8) is 0 Å². The number of hydrogen-bond acceptors (Lipinski definition) is 3. The number of aryl methyl sites for hydroxylation is 1. The SMILES string of the molecule is CCNC(c1ccc(CC)s1)c1ccoc1Br. The maximum Gasteiger partial charge on any atom is 0.174 e. The van der Waals surface area contributed by atoms with Gasteiger partial charge in [0.15, 0.2) is 4.67 Å². The highest BCUT2D eigenvalue weighted by atomic mass is 79.9. The number of hydrogen-bond donors (Lipinski definition) is 1. The van der Waals surface area contributed by atoms with E-state index in [-0.39, 0.29) is 6.04 Å². The zero-order chi connectivity index (χ0) is 12.3. The first-order valence-electron chi connectivity index (χ1n) is 5.81. The lowest BCUT2D eigenvalue weighted by Gasteiger charge is -2.15. The molecule has 17 heavy (non-hydrogen) atoms. The van der Waals surface area contributed by atoms with Crippen LogP contribution in [0.5, 0.6) is 0 Å². The monoisotopic (exact) mass is 313 g/mol. The highest BCUT2D eigenvalue weighted by molar-refractivity contribution is 9.10. The minimum atomic E-state index is 0.221. The molecule has 2 aromatic rings. The van der Waals surface area contributed by atoms with Crippen molar-refractivity contribution in [2.75, 3.05) is 6.54 Å². The molecule has 1 unspecified atom stereocenters. The molecule has 0 amide bonds. The van der Waals surface area contributed by atoms with Crippen molar-refractivity contribution in [1.82, 2.24) is 5.32 Å². The molecule has 1 N–H and O–H groups in total. The first-order chi connectivity index (χ1) is 8.26. The van der Waals surface area contributed by atoms with Crippen LogP contribution in [0.15, 0.2) is 33.5 Å². The van der Waals surface area contributed by atoms with E-state index in [0.717, 1.165) is 23.2 Å². The first kappa shape index (κ1) is 12.9. The van der Waals surface area contributed by atoms with Crippen molar-refractivity contribution in [1.29, 1.82) is 0 Å². The summed E-state index contributed by atoms with van der Waals surface area (Å²) in [5.41, 5.74) is 1.16. The zero-order valence-electron chi connectivity index (χ0n) is 10.00. The Morgan fingerprint density at radius 2 is 2.18 bits per heavy atom. The Bertz CT molecular complexity index is 477. The summed E-state index contributed by atoms with van der Waals surface area (Å²) >= 11 is 5.32. The van der Waals surface area contributed by atoms with Gasteiger partial charge in [-0.15, -0.1) is 11.3 Å². The van der Waals surface area contributed by atoms with Gasteiger partial charge in [-0.2, -0.15) is 0 Å². The fourth-order valence-electron chi connectivity index (χ4n) is 1.82. The van der Waals surface area contributed by atoms with Gasteiger partial charge in [-0.25, -0.2) is 0 Å². The molecule has 1 atom stereocenters. The smallest absolute Gasteiger partial charge is 0.174 e. The van der Waals surface area contributed by atoms with Gasteiger partial charge >= 0.3 is 0 Å². The summed E-state index contributed by atoms with van der Waals surface area (Å²) in [5, 5.41) is 3.50. The van der Waals surface area contributed by atoms with E-state index in [1.165, 1.54) is 9.75 Å². The average molecular weight is 314 g/mol. The lowest BCUT2D eigenvalue weighted by Crippen LogP contribution is -2.20. The molecule has 0 aliphatic heterocycles. The van der Waals surface area contributed by atoms with Gasteiger partial charge in [0, 0.05) is 15.3 Å². The zero-order valence-corrected chi connectivity index (χ0v) is 12.4. The Morgan fingerprint density at radius 3 is 2.71 bits per heavy atom. The fraction of sp³-hybridized carbons (Fsp3) is 0.385. The molecule has 0 aromatic carbocycles. The second kappa shape index (κ2) is 5.85. The quantitative estimate of drug-likeness (QED) is 0.887. The normalized spacial score (nSPS) is 12.9. The molecular formula is C13H16BrNOS. The predicted octanol–water partition coefficient (Wildman–Crippen LogP) is 4.36. The Morgan fingerprint density at radius 1 is 1.35 bits per heavy atom. The summed E-state index contributed by atoms with van der Waals surface area (Å²) in [6, 6.07) is 6.65. The summed E-state index contributed by atoms with van der Waals surface area (Å²) in [6.45, 7) is 5.24. The Balaban J connectivity index is 2.32. The van der Waals surface area contributed by atoms with E-state index in [9.17, 15) is 0 Å². The van der Waals surface area contributed by atoms with E-state index in [1.807, 2.05) is 17.4 Å². The van der Waals surface area contributed by atoms with E-state index in [4.69, 9.17) is 4.42 Å². The molecule has 0 saturated heterocycles. The van der Waals surface area contributed by atoms with Crippen molar-refractivity contribution < 1.29 is 4.42 Å². The van der Waals surface area contributed by atoms with E-state index in [1.54, 1.807) is 6.26 Å². The van der Waals surface area contributed by atoms with Crippen LogP contribution in [0.4, 0.5) is 0 Å². The molecule has 4 heteroatoms. The van der Waals surface area contributed by atoms with Crippen LogP contribution in [0.25, 0.3) is 0 Å². The molecule has 0 aliphatic rings. The Kier molecular flexibility index (Phi) is 4.42. The van der Waals surface area contributed by atoms with Crippen LogP contribution >= 0.6 is 27.3 Å². The molecule has 2 aromatic heterocycles. The van der Waals surface area contributed by atoms with Crippen molar-refractivity contribution in [3.8, 4) is 0 Å². The summed E-state index contributed by atoms with van der Waals surface area (Å²) in [5.74, 6) is 0. The van der Waals surface area contributed by atoms with Gasteiger partial charge < -0.3 is 9.73 Å². The van der Waals surface area contributed by atoms with Gasteiger partial charge in [-0.3, -0.25) is 0 Å². The highest BCUT2D eigenvalue weighted by Gasteiger charge is 2.19. The summed E-state index contributed by atoms with van der Waals surface area (Å²) in [4.78, 5) is 2.76. The highest BCUT2D eigenvalue weighted by Crippen LogP contribution is 2.33. The lowest BCUT2D eigenvalue weighted by molar-refractivity contribution is 0.527. The average Bonchev–Trinajstić information content (AvgIpc) is 2.95. The second-order valence-corrected chi connectivity index (χ2v) is 5.72. The molecule has 2 heterocycles. The number of thiophene rings is 1. The van der Waals surface area contributed by atoms with Crippen LogP contribution in [0.2, 0.25) is 0 Å². The maximum absolute atomic E-state index is 5.33. The number of rotatable bonds is 5. The van der Waals surface area contributed by atoms with Gasteiger partial charge in [-0.05, 0) is 47.1 Å². The van der Waals surface area contributed by atoms with E-state index in [0.29, 0.717) is 0 Å². The predicted molar refractivity (Wildman–Crippen MR) is 75.6 cm³/mol. The van der Waals surface area contributed by atoms with Crippen molar-refractivity contribution in [2.24, 2.45) is 0 Å². The molecule has 0 radical (unpaired) electrons. The van der Waals surface area contributed by atoms with Gasteiger partial charge in [0.05, 0.1) is 12.3 Å². The minimum Gasteiger partial charge on any atom is -0.457 e.